The summed E-state index contributed by atoms with van der Waals surface area (Å²) in [4.78, 5) is 20.3. The first kappa shape index (κ1) is 15.4. The Morgan fingerprint density at radius 2 is 1.68 bits per heavy atom. The summed E-state index contributed by atoms with van der Waals surface area (Å²) in [6, 6.07) is 11.8. The Morgan fingerprint density at radius 3 is 2.44 bits per heavy atom. The average Bonchev–Trinajstić information content (AvgIpc) is 2.63. The van der Waals surface area contributed by atoms with Gasteiger partial charge in [-0.05, 0) is 54.3 Å². The first-order valence-electron chi connectivity index (χ1n) is 8.11. The standard InChI is InChI=1S/C20H15FN2O2/c21-16-6-4-13(5-7-16)15-11-22-20(23-12-15)25-17-8-9-18-14(10-17)2-1-3-19(18)24/h4-12H,1-3H2. The monoisotopic (exact) mass is 334 g/mol. The lowest BCUT2D eigenvalue weighted by atomic mass is 9.91. The van der Waals surface area contributed by atoms with Gasteiger partial charge in [0.2, 0.25) is 0 Å². The normalized spacial score (nSPS) is 13.4. The molecule has 0 unspecified atom stereocenters. The van der Waals surface area contributed by atoms with Crippen LogP contribution in [0.4, 0.5) is 4.39 Å². The highest BCUT2D eigenvalue weighted by molar-refractivity contribution is 5.98. The highest BCUT2D eigenvalue weighted by Crippen LogP contribution is 2.27. The van der Waals surface area contributed by atoms with E-state index in [0.717, 1.165) is 35.1 Å². The third kappa shape index (κ3) is 3.26. The largest absolute Gasteiger partial charge is 0.424 e. The van der Waals surface area contributed by atoms with E-state index in [1.54, 1.807) is 36.7 Å². The molecule has 4 nitrogen and oxygen atoms in total. The lowest BCUT2D eigenvalue weighted by molar-refractivity contribution is 0.0972. The number of aromatic nitrogens is 2. The molecule has 0 radical (unpaired) electrons. The van der Waals surface area contributed by atoms with E-state index < -0.39 is 0 Å². The molecule has 1 aromatic heterocycles. The molecule has 0 atom stereocenters. The fraction of sp³-hybridized carbons (Fsp3) is 0.150. The summed E-state index contributed by atoms with van der Waals surface area (Å²) in [5, 5.41) is 0. The number of ether oxygens (including phenoxy) is 1. The molecule has 1 aliphatic carbocycles. The van der Waals surface area contributed by atoms with Gasteiger partial charge in [0.15, 0.2) is 5.78 Å². The van der Waals surface area contributed by atoms with Gasteiger partial charge < -0.3 is 4.74 Å². The van der Waals surface area contributed by atoms with Crippen molar-refractivity contribution in [2.75, 3.05) is 0 Å². The number of ketones is 1. The lowest BCUT2D eigenvalue weighted by Crippen LogP contribution is -2.10. The third-order valence-electron chi connectivity index (χ3n) is 4.24. The maximum absolute atomic E-state index is 13.0. The van der Waals surface area contributed by atoms with Crippen LogP contribution in [0.2, 0.25) is 0 Å². The summed E-state index contributed by atoms with van der Waals surface area (Å²) >= 11 is 0. The fourth-order valence-electron chi connectivity index (χ4n) is 2.95. The van der Waals surface area contributed by atoms with Crippen molar-refractivity contribution in [3.8, 4) is 22.9 Å². The van der Waals surface area contributed by atoms with E-state index in [-0.39, 0.29) is 17.6 Å². The van der Waals surface area contributed by atoms with Crippen LogP contribution in [-0.4, -0.2) is 15.8 Å². The zero-order valence-electron chi connectivity index (χ0n) is 13.4. The van der Waals surface area contributed by atoms with Crippen LogP contribution in [0, 0.1) is 5.82 Å². The number of hydrogen-bond acceptors (Lipinski definition) is 4. The van der Waals surface area contributed by atoms with Gasteiger partial charge in [0.05, 0.1) is 0 Å². The van der Waals surface area contributed by atoms with Crippen LogP contribution < -0.4 is 4.74 Å². The average molecular weight is 334 g/mol. The van der Waals surface area contributed by atoms with Gasteiger partial charge in [-0.3, -0.25) is 4.79 Å². The molecule has 25 heavy (non-hydrogen) atoms. The maximum atomic E-state index is 13.0. The Kier molecular flexibility index (Phi) is 3.98. The second-order valence-electron chi connectivity index (χ2n) is 5.96. The number of carbonyl (C=O) groups excluding carboxylic acids is 1. The first-order chi connectivity index (χ1) is 12.2. The summed E-state index contributed by atoms with van der Waals surface area (Å²) in [6.45, 7) is 0. The van der Waals surface area contributed by atoms with Crippen molar-refractivity contribution in [2.24, 2.45) is 0 Å². The molecule has 1 aliphatic rings. The van der Waals surface area contributed by atoms with Gasteiger partial charge in [-0.1, -0.05) is 12.1 Å². The zero-order valence-corrected chi connectivity index (χ0v) is 13.4. The quantitative estimate of drug-likeness (QED) is 0.703. The maximum Gasteiger partial charge on any atom is 0.321 e. The van der Waals surface area contributed by atoms with Gasteiger partial charge in [-0.2, -0.15) is 0 Å². The van der Waals surface area contributed by atoms with Gasteiger partial charge in [-0.25, -0.2) is 14.4 Å². The molecule has 0 amide bonds. The van der Waals surface area contributed by atoms with Crippen LogP contribution in [-0.2, 0) is 6.42 Å². The number of Topliss-reactive ketones (excluding diaryl/α,β-unsaturated/α-hetero) is 1. The van der Waals surface area contributed by atoms with Crippen LogP contribution in [0.15, 0.2) is 54.9 Å². The van der Waals surface area contributed by atoms with E-state index in [9.17, 15) is 9.18 Å². The molecular weight excluding hydrogens is 319 g/mol. The minimum Gasteiger partial charge on any atom is -0.424 e. The fourth-order valence-corrected chi connectivity index (χ4v) is 2.95. The topological polar surface area (TPSA) is 52.1 Å². The van der Waals surface area contributed by atoms with Crippen molar-refractivity contribution < 1.29 is 13.9 Å². The second-order valence-corrected chi connectivity index (χ2v) is 5.96. The molecule has 0 aliphatic heterocycles. The Hall–Kier alpha value is -3.08. The molecule has 3 aromatic rings. The third-order valence-corrected chi connectivity index (χ3v) is 4.24. The SMILES string of the molecule is O=C1CCCc2cc(Oc3ncc(-c4ccc(F)cc4)cn3)ccc21. The molecule has 0 fully saturated rings. The Balaban J connectivity index is 1.53. The number of carbonyl (C=O) groups is 1. The summed E-state index contributed by atoms with van der Waals surface area (Å²) < 4.78 is 18.7. The van der Waals surface area contributed by atoms with Crippen LogP contribution in [0.3, 0.4) is 0 Å². The molecule has 0 bridgehead atoms. The minimum absolute atomic E-state index is 0.188. The van der Waals surface area contributed by atoms with E-state index >= 15 is 0 Å². The van der Waals surface area contributed by atoms with E-state index in [1.165, 1.54) is 12.1 Å². The van der Waals surface area contributed by atoms with Gasteiger partial charge in [0.1, 0.15) is 11.6 Å². The highest BCUT2D eigenvalue weighted by Gasteiger charge is 2.17. The Morgan fingerprint density at radius 1 is 0.920 bits per heavy atom. The number of rotatable bonds is 3. The zero-order chi connectivity index (χ0) is 17.2. The molecule has 4 rings (SSSR count). The summed E-state index contributed by atoms with van der Waals surface area (Å²) in [6.07, 6.45) is 5.64. The van der Waals surface area contributed by atoms with Crippen LogP contribution in [0.5, 0.6) is 11.8 Å². The highest BCUT2D eigenvalue weighted by atomic mass is 19.1. The Labute approximate surface area is 144 Å². The van der Waals surface area contributed by atoms with E-state index in [2.05, 4.69) is 9.97 Å². The van der Waals surface area contributed by atoms with Gasteiger partial charge in [0, 0.05) is 29.9 Å². The van der Waals surface area contributed by atoms with E-state index in [0.29, 0.717) is 12.2 Å². The number of halogens is 1. The number of benzene rings is 2. The molecule has 0 saturated heterocycles. The van der Waals surface area contributed by atoms with Crippen molar-refractivity contribution in [3.63, 3.8) is 0 Å². The number of nitrogens with zero attached hydrogens (tertiary/aromatic N) is 2. The predicted molar refractivity (Wildman–Crippen MR) is 91.2 cm³/mol. The molecule has 0 spiro atoms. The van der Waals surface area contributed by atoms with E-state index in [1.807, 2.05) is 6.07 Å². The van der Waals surface area contributed by atoms with Crippen molar-refractivity contribution >= 4 is 5.78 Å². The van der Waals surface area contributed by atoms with Crippen LogP contribution >= 0.6 is 0 Å². The molecule has 124 valence electrons. The summed E-state index contributed by atoms with van der Waals surface area (Å²) in [5.74, 6) is 0.520. The molecule has 2 aromatic carbocycles. The molecule has 1 heterocycles. The summed E-state index contributed by atoms with van der Waals surface area (Å²) in [7, 11) is 0. The molecule has 0 N–H and O–H groups in total. The van der Waals surface area contributed by atoms with E-state index in [4.69, 9.17) is 4.74 Å². The lowest BCUT2D eigenvalue weighted by Gasteiger charge is -2.15. The molecule has 5 heteroatoms. The summed E-state index contributed by atoms with van der Waals surface area (Å²) in [5.41, 5.74) is 3.41. The molecule has 0 saturated carbocycles. The predicted octanol–water partition coefficient (Wildman–Crippen LogP) is 4.59. The van der Waals surface area contributed by atoms with Gasteiger partial charge in [-0.15, -0.1) is 0 Å². The van der Waals surface area contributed by atoms with Crippen molar-refractivity contribution in [1.29, 1.82) is 0 Å². The molecular formula is C20H15FN2O2. The smallest absolute Gasteiger partial charge is 0.321 e. The number of aryl methyl sites for hydroxylation is 1. The van der Waals surface area contributed by atoms with Crippen molar-refractivity contribution in [2.45, 2.75) is 19.3 Å². The van der Waals surface area contributed by atoms with Gasteiger partial charge in [0.25, 0.3) is 0 Å². The van der Waals surface area contributed by atoms with Crippen molar-refractivity contribution in [1.82, 2.24) is 9.97 Å². The van der Waals surface area contributed by atoms with Crippen LogP contribution in [0.25, 0.3) is 11.1 Å². The first-order valence-corrected chi connectivity index (χ1v) is 8.11. The second kappa shape index (κ2) is 6.43. The van der Waals surface area contributed by atoms with Crippen LogP contribution in [0.1, 0.15) is 28.8 Å². The Bertz CT molecular complexity index is 921. The van der Waals surface area contributed by atoms with Crippen molar-refractivity contribution in [3.05, 3.63) is 71.8 Å². The van der Waals surface area contributed by atoms with Gasteiger partial charge >= 0.3 is 6.01 Å². The minimum atomic E-state index is -0.282. The number of fused-ring (bicyclic) bond motifs is 1. The number of hydrogen-bond donors (Lipinski definition) is 0.